The Morgan fingerprint density at radius 1 is 1.38 bits per heavy atom. The lowest BCUT2D eigenvalue weighted by atomic mass is 9.99. The normalized spacial score (nSPS) is 11.4. The van der Waals surface area contributed by atoms with Crippen LogP contribution in [0.3, 0.4) is 0 Å². The Morgan fingerprint density at radius 3 is 2.62 bits per heavy atom. The van der Waals surface area contributed by atoms with Gasteiger partial charge in [0, 0.05) is 6.07 Å². The van der Waals surface area contributed by atoms with E-state index in [2.05, 4.69) is 25.8 Å². The summed E-state index contributed by atoms with van der Waals surface area (Å²) in [5, 5.41) is 0. The van der Waals surface area contributed by atoms with E-state index in [-0.39, 0.29) is 11.2 Å². The van der Waals surface area contributed by atoms with Crippen molar-refractivity contribution in [1.29, 1.82) is 0 Å². The number of hydrogen-bond donors (Lipinski definition) is 0. The average Bonchev–Trinajstić information content (AvgIpc) is 2.00. The predicted molar refractivity (Wildman–Crippen MR) is 49.1 cm³/mol. The zero-order chi connectivity index (χ0) is 9.90. The smallest absolute Gasteiger partial charge is 0.145 e. The Balaban J connectivity index is 2.55. The third kappa shape index (κ3) is 3.87. The number of rotatable bonds is 2. The molecule has 0 unspecified atom stereocenters. The molecule has 1 rings (SSSR count). The molecule has 0 saturated carbocycles. The average molecular weight is 183 g/mol. The molecule has 0 radical (unpaired) electrons. The minimum absolute atomic E-state index is 0.0757. The van der Waals surface area contributed by atoms with Crippen molar-refractivity contribution >= 4 is 0 Å². The Morgan fingerprint density at radius 2 is 2.08 bits per heavy atom. The monoisotopic (exact) mass is 183 g/mol. The summed E-state index contributed by atoms with van der Waals surface area (Å²) in [6.45, 7) is 6.72. The van der Waals surface area contributed by atoms with Crippen molar-refractivity contribution in [3.05, 3.63) is 24.3 Å². The van der Waals surface area contributed by atoms with Crippen molar-refractivity contribution in [1.82, 2.24) is 4.98 Å². The van der Waals surface area contributed by atoms with Crippen molar-refractivity contribution < 1.29 is 9.13 Å². The molecule has 0 saturated heterocycles. The lowest BCUT2D eigenvalue weighted by Gasteiger charge is -2.18. The third-order valence-electron chi connectivity index (χ3n) is 1.35. The Kier molecular flexibility index (Phi) is 2.86. The van der Waals surface area contributed by atoms with E-state index < -0.39 is 0 Å². The highest BCUT2D eigenvalue weighted by molar-refractivity contribution is 5.16. The van der Waals surface area contributed by atoms with Gasteiger partial charge in [-0.2, -0.15) is 0 Å². The number of hydrogen-bond acceptors (Lipinski definition) is 2. The Hall–Kier alpha value is -1.12. The number of nitrogens with zero attached hydrogens (tertiary/aromatic N) is 1. The van der Waals surface area contributed by atoms with Gasteiger partial charge >= 0.3 is 0 Å². The van der Waals surface area contributed by atoms with Crippen molar-refractivity contribution in [2.75, 3.05) is 6.61 Å². The van der Waals surface area contributed by atoms with Crippen LogP contribution < -0.4 is 4.74 Å². The first-order valence-electron chi connectivity index (χ1n) is 4.21. The van der Waals surface area contributed by atoms with E-state index in [4.69, 9.17) is 4.74 Å². The summed E-state index contributed by atoms with van der Waals surface area (Å²) in [6, 6.07) is 1.33. The Bertz CT molecular complexity index is 280. The molecule has 0 aliphatic carbocycles. The van der Waals surface area contributed by atoms with E-state index >= 15 is 0 Å². The molecule has 3 heteroatoms. The highest BCUT2D eigenvalue weighted by Gasteiger charge is 2.11. The summed E-state index contributed by atoms with van der Waals surface area (Å²) in [6.07, 6.45) is 2.67. The van der Waals surface area contributed by atoms with Gasteiger partial charge in [-0.1, -0.05) is 20.8 Å². The van der Waals surface area contributed by atoms with Crippen molar-refractivity contribution in [2.24, 2.45) is 5.41 Å². The third-order valence-corrected chi connectivity index (χ3v) is 1.35. The maximum absolute atomic E-state index is 12.6. The highest BCUT2D eigenvalue weighted by Crippen LogP contribution is 2.17. The van der Waals surface area contributed by atoms with Crippen LogP contribution >= 0.6 is 0 Å². The van der Waals surface area contributed by atoms with Gasteiger partial charge in [-0.25, -0.2) is 4.39 Å². The quantitative estimate of drug-likeness (QED) is 0.703. The standard InChI is InChI=1S/C10H14FNO/c1-10(2,3)7-13-9-4-8(11)5-12-6-9/h4-6H,7H2,1-3H3. The summed E-state index contributed by atoms with van der Waals surface area (Å²) in [7, 11) is 0. The van der Waals surface area contributed by atoms with Crippen molar-refractivity contribution in [2.45, 2.75) is 20.8 Å². The van der Waals surface area contributed by atoms with E-state index in [0.717, 1.165) is 6.20 Å². The summed E-state index contributed by atoms with van der Waals surface area (Å²) in [5.74, 6) is 0.112. The second kappa shape index (κ2) is 3.73. The molecule has 0 atom stereocenters. The second-order valence-corrected chi connectivity index (χ2v) is 4.19. The van der Waals surface area contributed by atoms with Crippen molar-refractivity contribution in [3.63, 3.8) is 0 Å². The molecular weight excluding hydrogens is 169 g/mol. The predicted octanol–water partition coefficient (Wildman–Crippen LogP) is 2.65. The van der Waals surface area contributed by atoms with Crippen LogP contribution in [-0.4, -0.2) is 11.6 Å². The summed E-state index contributed by atoms with van der Waals surface area (Å²) in [4.78, 5) is 3.68. The van der Waals surface area contributed by atoms with Gasteiger partial charge in [-0.3, -0.25) is 4.98 Å². The van der Waals surface area contributed by atoms with Crippen LogP contribution in [0.25, 0.3) is 0 Å². The van der Waals surface area contributed by atoms with E-state index in [1.165, 1.54) is 12.3 Å². The lowest BCUT2D eigenvalue weighted by molar-refractivity contribution is 0.196. The van der Waals surface area contributed by atoms with Gasteiger partial charge in [0.05, 0.1) is 19.0 Å². The molecule has 0 bridgehead atoms. The molecule has 0 N–H and O–H groups in total. The number of ether oxygens (including phenoxy) is 1. The topological polar surface area (TPSA) is 22.1 Å². The first-order chi connectivity index (χ1) is 5.97. The summed E-state index contributed by atoms with van der Waals surface area (Å²) < 4.78 is 18.0. The molecule has 0 aliphatic rings. The molecule has 0 aliphatic heterocycles. The minimum Gasteiger partial charge on any atom is -0.491 e. The van der Waals surface area contributed by atoms with Crippen LogP contribution in [0.1, 0.15) is 20.8 Å². The van der Waals surface area contributed by atoms with Crippen LogP contribution in [0.2, 0.25) is 0 Å². The molecular formula is C10H14FNO. The largest absolute Gasteiger partial charge is 0.491 e. The van der Waals surface area contributed by atoms with Gasteiger partial charge in [0.1, 0.15) is 11.6 Å². The van der Waals surface area contributed by atoms with Crippen LogP contribution in [0, 0.1) is 11.2 Å². The van der Waals surface area contributed by atoms with E-state index in [9.17, 15) is 4.39 Å². The van der Waals surface area contributed by atoms with Gasteiger partial charge in [0.15, 0.2) is 0 Å². The van der Waals surface area contributed by atoms with E-state index in [0.29, 0.717) is 12.4 Å². The van der Waals surface area contributed by atoms with Crippen LogP contribution in [0.5, 0.6) is 5.75 Å². The van der Waals surface area contributed by atoms with Crippen molar-refractivity contribution in [3.8, 4) is 5.75 Å². The molecule has 0 aromatic carbocycles. The fraction of sp³-hybridized carbons (Fsp3) is 0.500. The SMILES string of the molecule is CC(C)(C)COc1cncc(F)c1. The fourth-order valence-electron chi connectivity index (χ4n) is 0.771. The maximum Gasteiger partial charge on any atom is 0.145 e. The highest BCUT2D eigenvalue weighted by atomic mass is 19.1. The van der Waals surface area contributed by atoms with E-state index in [1.54, 1.807) is 0 Å². The van der Waals surface area contributed by atoms with Crippen LogP contribution in [0.4, 0.5) is 4.39 Å². The molecule has 13 heavy (non-hydrogen) atoms. The van der Waals surface area contributed by atoms with Gasteiger partial charge < -0.3 is 4.74 Å². The van der Waals surface area contributed by atoms with Gasteiger partial charge in [0.25, 0.3) is 0 Å². The van der Waals surface area contributed by atoms with Gasteiger partial charge in [0.2, 0.25) is 0 Å². The van der Waals surface area contributed by atoms with Gasteiger partial charge in [-0.15, -0.1) is 0 Å². The number of halogens is 1. The summed E-state index contributed by atoms with van der Waals surface area (Å²) >= 11 is 0. The molecule has 72 valence electrons. The number of aromatic nitrogens is 1. The summed E-state index contributed by atoms with van der Waals surface area (Å²) in [5.41, 5.74) is 0.0757. The zero-order valence-electron chi connectivity index (χ0n) is 8.17. The first-order valence-corrected chi connectivity index (χ1v) is 4.21. The lowest BCUT2D eigenvalue weighted by Crippen LogP contribution is -2.16. The van der Waals surface area contributed by atoms with Crippen LogP contribution in [-0.2, 0) is 0 Å². The Labute approximate surface area is 77.8 Å². The molecule has 1 aromatic heterocycles. The maximum atomic E-state index is 12.6. The molecule has 0 amide bonds. The zero-order valence-corrected chi connectivity index (χ0v) is 8.17. The van der Waals surface area contributed by atoms with Gasteiger partial charge in [-0.05, 0) is 5.41 Å². The van der Waals surface area contributed by atoms with Crippen LogP contribution in [0.15, 0.2) is 18.5 Å². The first kappa shape index (κ1) is 9.96. The molecule has 0 fully saturated rings. The minimum atomic E-state index is -0.369. The number of pyridine rings is 1. The molecule has 1 heterocycles. The van der Waals surface area contributed by atoms with E-state index in [1.807, 2.05) is 0 Å². The molecule has 1 aromatic rings. The fourth-order valence-corrected chi connectivity index (χ4v) is 0.771. The molecule has 2 nitrogen and oxygen atoms in total. The molecule has 0 spiro atoms. The second-order valence-electron chi connectivity index (χ2n) is 4.19.